The predicted octanol–water partition coefficient (Wildman–Crippen LogP) is 1.97. The van der Waals surface area contributed by atoms with Gasteiger partial charge in [-0.1, -0.05) is 37.3 Å². The van der Waals surface area contributed by atoms with Crippen LogP contribution in [-0.4, -0.2) is 40.2 Å². The Labute approximate surface area is 121 Å². The summed E-state index contributed by atoms with van der Waals surface area (Å²) in [7, 11) is 1.69. The zero-order valence-corrected chi connectivity index (χ0v) is 12.7. The molecule has 4 atom stereocenters. The molecule has 0 bridgehead atoms. The summed E-state index contributed by atoms with van der Waals surface area (Å²) in [5, 5.41) is 19.7. The first-order chi connectivity index (χ1) is 9.34. The third kappa shape index (κ3) is 4.32. The van der Waals surface area contributed by atoms with Gasteiger partial charge in [-0.3, -0.25) is 4.79 Å². The number of nitrogens with zero attached hydrogens (tertiary/aromatic N) is 1. The van der Waals surface area contributed by atoms with Crippen molar-refractivity contribution in [3.63, 3.8) is 0 Å². The van der Waals surface area contributed by atoms with Gasteiger partial charge in [0.25, 0.3) is 0 Å². The topological polar surface area (TPSA) is 60.8 Å². The fourth-order valence-electron chi connectivity index (χ4n) is 2.30. The van der Waals surface area contributed by atoms with Crippen LogP contribution in [0.3, 0.4) is 0 Å². The molecule has 1 amide bonds. The maximum absolute atomic E-state index is 12.3. The minimum atomic E-state index is -0.719. The van der Waals surface area contributed by atoms with Crippen LogP contribution < -0.4 is 0 Å². The summed E-state index contributed by atoms with van der Waals surface area (Å²) >= 11 is 0. The molecule has 0 fully saturated rings. The van der Waals surface area contributed by atoms with E-state index in [4.69, 9.17) is 0 Å². The Kier molecular flexibility index (Phi) is 6.17. The average molecular weight is 279 g/mol. The fourth-order valence-corrected chi connectivity index (χ4v) is 2.30. The molecule has 1 rings (SSSR count). The van der Waals surface area contributed by atoms with Gasteiger partial charge in [0.2, 0.25) is 5.91 Å². The van der Waals surface area contributed by atoms with Crippen LogP contribution in [0, 0.1) is 5.92 Å². The fraction of sp³-hybridized carbons (Fsp3) is 0.562. The molecule has 0 saturated heterocycles. The van der Waals surface area contributed by atoms with E-state index >= 15 is 0 Å². The zero-order chi connectivity index (χ0) is 15.3. The highest BCUT2D eigenvalue weighted by molar-refractivity contribution is 5.78. The molecule has 1 aromatic rings. The van der Waals surface area contributed by atoms with Crippen molar-refractivity contribution < 1.29 is 15.0 Å². The number of hydrogen-bond donors (Lipinski definition) is 2. The molecule has 4 nitrogen and oxygen atoms in total. The lowest BCUT2D eigenvalue weighted by Gasteiger charge is -2.31. The summed E-state index contributed by atoms with van der Waals surface area (Å²) in [5.41, 5.74) is 0.794. The maximum Gasteiger partial charge on any atom is 0.225 e. The van der Waals surface area contributed by atoms with Gasteiger partial charge in [0, 0.05) is 13.0 Å². The predicted molar refractivity (Wildman–Crippen MR) is 79.1 cm³/mol. The Morgan fingerprint density at radius 3 is 2.20 bits per heavy atom. The smallest absolute Gasteiger partial charge is 0.225 e. The number of benzene rings is 1. The highest BCUT2D eigenvalue weighted by Crippen LogP contribution is 2.21. The molecule has 0 heterocycles. The Hall–Kier alpha value is -1.39. The molecule has 20 heavy (non-hydrogen) atoms. The van der Waals surface area contributed by atoms with E-state index in [1.165, 1.54) is 0 Å². The lowest BCUT2D eigenvalue weighted by atomic mass is 9.99. The number of carbonyl (C=O) groups excluding carboxylic acids is 1. The third-order valence-electron chi connectivity index (χ3n) is 3.67. The molecule has 0 aliphatic rings. The lowest BCUT2D eigenvalue weighted by molar-refractivity contribution is -0.138. The van der Waals surface area contributed by atoms with Gasteiger partial charge in [0.15, 0.2) is 0 Å². The highest BCUT2D eigenvalue weighted by atomic mass is 16.3. The van der Waals surface area contributed by atoms with Crippen molar-refractivity contribution in [2.45, 2.75) is 45.4 Å². The van der Waals surface area contributed by atoms with Crippen LogP contribution >= 0.6 is 0 Å². The second-order valence-electron chi connectivity index (χ2n) is 5.53. The molecule has 0 unspecified atom stereocenters. The van der Waals surface area contributed by atoms with Crippen LogP contribution in [0.4, 0.5) is 0 Å². The molecule has 0 radical (unpaired) electrons. The zero-order valence-electron chi connectivity index (χ0n) is 12.7. The van der Waals surface area contributed by atoms with Crippen molar-refractivity contribution >= 4 is 5.91 Å². The molecule has 1 aromatic carbocycles. The van der Waals surface area contributed by atoms with Gasteiger partial charge in [0.05, 0.1) is 18.2 Å². The molecular formula is C16H25NO3. The van der Waals surface area contributed by atoms with Crippen molar-refractivity contribution in [1.29, 1.82) is 0 Å². The van der Waals surface area contributed by atoms with Gasteiger partial charge < -0.3 is 15.1 Å². The quantitative estimate of drug-likeness (QED) is 0.837. The Morgan fingerprint density at radius 2 is 1.70 bits per heavy atom. The monoisotopic (exact) mass is 279 g/mol. The number of likely N-dealkylation sites (N-methyl/N-ethyl adjacent to an activating group) is 1. The van der Waals surface area contributed by atoms with E-state index in [1.54, 1.807) is 25.8 Å². The maximum atomic E-state index is 12.3. The van der Waals surface area contributed by atoms with E-state index in [0.29, 0.717) is 6.42 Å². The standard InChI is InChI=1S/C16H25NO3/c1-11(10-12(2)18)16(20)17(4)13(3)15(19)14-8-6-5-7-9-14/h5-9,11-13,15,18-19H,10H2,1-4H3/t11-,12+,13-,15+/m0/s1. The Balaban J connectivity index is 2.71. The van der Waals surface area contributed by atoms with Crippen molar-refractivity contribution in [2.24, 2.45) is 5.92 Å². The van der Waals surface area contributed by atoms with Gasteiger partial charge in [-0.25, -0.2) is 0 Å². The summed E-state index contributed by atoms with van der Waals surface area (Å²) in [5.74, 6) is -0.321. The van der Waals surface area contributed by atoms with Crippen LogP contribution in [0.25, 0.3) is 0 Å². The van der Waals surface area contributed by atoms with Gasteiger partial charge >= 0.3 is 0 Å². The Bertz CT molecular complexity index is 419. The third-order valence-corrected chi connectivity index (χ3v) is 3.67. The van der Waals surface area contributed by atoms with Crippen molar-refractivity contribution in [2.75, 3.05) is 7.05 Å². The normalized spacial score (nSPS) is 17.1. The summed E-state index contributed by atoms with van der Waals surface area (Å²) in [6.45, 7) is 5.30. The van der Waals surface area contributed by atoms with E-state index in [-0.39, 0.29) is 17.9 Å². The van der Waals surface area contributed by atoms with E-state index in [2.05, 4.69) is 0 Å². The van der Waals surface area contributed by atoms with E-state index in [1.807, 2.05) is 37.3 Å². The molecule has 112 valence electrons. The first-order valence-corrected chi connectivity index (χ1v) is 7.02. The van der Waals surface area contributed by atoms with Crippen LogP contribution in [0.2, 0.25) is 0 Å². The van der Waals surface area contributed by atoms with Gasteiger partial charge in [-0.15, -0.1) is 0 Å². The Morgan fingerprint density at radius 1 is 1.15 bits per heavy atom. The van der Waals surface area contributed by atoms with E-state index < -0.39 is 12.2 Å². The van der Waals surface area contributed by atoms with Crippen LogP contribution in [0.5, 0.6) is 0 Å². The average Bonchev–Trinajstić information content (AvgIpc) is 2.44. The van der Waals surface area contributed by atoms with Crippen LogP contribution in [0.15, 0.2) is 30.3 Å². The number of aliphatic hydroxyl groups excluding tert-OH is 2. The lowest BCUT2D eigenvalue weighted by Crippen LogP contribution is -2.42. The molecule has 0 saturated carbocycles. The molecule has 4 heteroatoms. The number of amides is 1. The first-order valence-electron chi connectivity index (χ1n) is 7.02. The minimum absolute atomic E-state index is 0.0617. The van der Waals surface area contributed by atoms with Crippen molar-refractivity contribution in [1.82, 2.24) is 4.90 Å². The minimum Gasteiger partial charge on any atom is -0.393 e. The SMILES string of the molecule is C[C@@H](O)C[C@H](C)C(=O)N(C)[C@@H](C)[C@@H](O)c1ccccc1. The molecule has 0 aliphatic heterocycles. The molecule has 0 aromatic heterocycles. The van der Waals surface area contributed by atoms with Crippen LogP contribution in [-0.2, 0) is 4.79 Å². The molecular weight excluding hydrogens is 254 g/mol. The van der Waals surface area contributed by atoms with E-state index in [0.717, 1.165) is 5.56 Å². The highest BCUT2D eigenvalue weighted by Gasteiger charge is 2.27. The summed E-state index contributed by atoms with van der Waals surface area (Å²) in [6, 6.07) is 8.99. The van der Waals surface area contributed by atoms with Gasteiger partial charge in [0.1, 0.15) is 0 Å². The number of aliphatic hydroxyl groups is 2. The summed E-state index contributed by atoms with van der Waals surface area (Å²) in [4.78, 5) is 13.8. The summed E-state index contributed by atoms with van der Waals surface area (Å²) < 4.78 is 0. The second-order valence-corrected chi connectivity index (χ2v) is 5.53. The number of hydrogen-bond acceptors (Lipinski definition) is 3. The molecule has 0 spiro atoms. The molecule has 0 aliphatic carbocycles. The van der Waals surface area contributed by atoms with Crippen LogP contribution in [0.1, 0.15) is 38.9 Å². The number of carbonyl (C=O) groups is 1. The number of rotatable bonds is 6. The first kappa shape index (κ1) is 16.7. The van der Waals surface area contributed by atoms with Gasteiger partial charge in [-0.2, -0.15) is 0 Å². The summed E-state index contributed by atoms with van der Waals surface area (Å²) in [6.07, 6.45) is -0.794. The molecule has 2 N–H and O–H groups in total. The van der Waals surface area contributed by atoms with Gasteiger partial charge in [-0.05, 0) is 25.8 Å². The second kappa shape index (κ2) is 7.41. The van der Waals surface area contributed by atoms with Crippen molar-refractivity contribution in [3.8, 4) is 0 Å². The van der Waals surface area contributed by atoms with E-state index in [9.17, 15) is 15.0 Å². The van der Waals surface area contributed by atoms with Crippen molar-refractivity contribution in [3.05, 3.63) is 35.9 Å². The largest absolute Gasteiger partial charge is 0.393 e.